The maximum absolute atomic E-state index is 14.2. The minimum Gasteiger partial charge on any atom is -0.423 e. The third-order valence-electron chi connectivity index (χ3n) is 4.05. The molecule has 0 atom stereocenters. The zero-order valence-electron chi connectivity index (χ0n) is 13.5. The highest BCUT2D eigenvalue weighted by Gasteiger charge is 2.29. The second kappa shape index (κ2) is 7.33. The number of carbonyl (C=O) groups excluding carboxylic acids is 1. The van der Waals surface area contributed by atoms with Gasteiger partial charge in [-0.2, -0.15) is 4.31 Å². The van der Waals surface area contributed by atoms with Crippen LogP contribution in [0.3, 0.4) is 0 Å². The van der Waals surface area contributed by atoms with E-state index in [2.05, 4.69) is 0 Å². The summed E-state index contributed by atoms with van der Waals surface area (Å²) >= 11 is 0. The molecule has 5 nitrogen and oxygen atoms in total. The van der Waals surface area contributed by atoms with E-state index in [1.54, 1.807) is 30.3 Å². The fraction of sp³-hybridized carbons (Fsp3) is 0.278. The van der Waals surface area contributed by atoms with E-state index >= 15 is 0 Å². The van der Waals surface area contributed by atoms with Gasteiger partial charge in [0.05, 0.1) is 5.56 Å². The molecule has 7 heteroatoms. The molecular formula is C18H18FNO4S. The smallest absolute Gasteiger partial charge is 0.343 e. The van der Waals surface area contributed by atoms with Crippen molar-refractivity contribution in [2.45, 2.75) is 24.2 Å². The summed E-state index contributed by atoms with van der Waals surface area (Å²) < 4.78 is 46.0. The van der Waals surface area contributed by atoms with Crippen LogP contribution in [0.2, 0.25) is 0 Å². The van der Waals surface area contributed by atoms with Crippen molar-refractivity contribution in [1.29, 1.82) is 0 Å². The second-order valence-corrected chi connectivity index (χ2v) is 7.72. The van der Waals surface area contributed by atoms with Gasteiger partial charge in [0.2, 0.25) is 10.0 Å². The van der Waals surface area contributed by atoms with E-state index in [0.717, 1.165) is 31.4 Å². The van der Waals surface area contributed by atoms with Crippen LogP contribution in [-0.4, -0.2) is 31.8 Å². The number of carbonyl (C=O) groups is 1. The molecule has 1 aliphatic rings. The zero-order chi connectivity index (χ0) is 17.9. The third-order valence-corrected chi connectivity index (χ3v) is 5.97. The molecule has 0 saturated carbocycles. The van der Waals surface area contributed by atoms with Crippen molar-refractivity contribution in [1.82, 2.24) is 4.31 Å². The van der Waals surface area contributed by atoms with Crippen LogP contribution in [0.1, 0.15) is 29.6 Å². The SMILES string of the molecule is O=C(Oc1ccccc1)c1ccc(F)c(S(=O)(=O)N2CCCCC2)c1. The average molecular weight is 363 g/mol. The van der Waals surface area contributed by atoms with E-state index in [-0.39, 0.29) is 5.56 Å². The number of sulfonamides is 1. The van der Waals surface area contributed by atoms with Crippen LogP contribution >= 0.6 is 0 Å². The van der Waals surface area contributed by atoms with E-state index in [9.17, 15) is 17.6 Å². The molecule has 1 heterocycles. The molecule has 1 aliphatic heterocycles. The van der Waals surface area contributed by atoms with Crippen LogP contribution in [0.15, 0.2) is 53.4 Å². The van der Waals surface area contributed by atoms with Crippen LogP contribution in [0.5, 0.6) is 5.75 Å². The molecule has 0 spiro atoms. The van der Waals surface area contributed by atoms with Crippen LogP contribution in [0.25, 0.3) is 0 Å². The minimum atomic E-state index is -3.97. The fourth-order valence-electron chi connectivity index (χ4n) is 2.73. The Morgan fingerprint density at radius 3 is 2.36 bits per heavy atom. The van der Waals surface area contributed by atoms with Gasteiger partial charge in [-0.15, -0.1) is 0 Å². The van der Waals surface area contributed by atoms with Gasteiger partial charge in [-0.25, -0.2) is 17.6 Å². The molecule has 0 unspecified atom stereocenters. The number of benzene rings is 2. The molecule has 25 heavy (non-hydrogen) atoms. The van der Waals surface area contributed by atoms with Gasteiger partial charge >= 0.3 is 5.97 Å². The van der Waals surface area contributed by atoms with Gasteiger partial charge in [0.15, 0.2) is 0 Å². The molecule has 0 bridgehead atoms. The summed E-state index contributed by atoms with van der Waals surface area (Å²) in [6.45, 7) is 0.723. The van der Waals surface area contributed by atoms with Gasteiger partial charge in [-0.1, -0.05) is 24.6 Å². The number of hydrogen-bond donors (Lipinski definition) is 0. The normalized spacial score (nSPS) is 15.7. The highest BCUT2D eigenvalue weighted by atomic mass is 32.2. The Hall–Kier alpha value is -2.25. The monoisotopic (exact) mass is 363 g/mol. The Balaban J connectivity index is 1.88. The lowest BCUT2D eigenvalue weighted by Crippen LogP contribution is -2.36. The summed E-state index contributed by atoms with van der Waals surface area (Å²) in [5.41, 5.74) is -0.0131. The van der Waals surface area contributed by atoms with E-state index in [4.69, 9.17) is 4.74 Å². The first-order valence-corrected chi connectivity index (χ1v) is 9.49. The van der Waals surface area contributed by atoms with Crippen molar-refractivity contribution < 1.29 is 22.3 Å². The molecule has 2 aromatic rings. The number of para-hydroxylation sites is 1. The van der Waals surface area contributed by atoms with Gasteiger partial charge in [0.25, 0.3) is 0 Å². The summed E-state index contributed by atoms with van der Waals surface area (Å²) in [7, 11) is -3.97. The fourth-order valence-corrected chi connectivity index (χ4v) is 4.33. The predicted octanol–water partition coefficient (Wildman–Crippen LogP) is 3.22. The van der Waals surface area contributed by atoms with Gasteiger partial charge < -0.3 is 4.74 Å². The molecule has 1 fully saturated rings. The van der Waals surface area contributed by atoms with Crippen LogP contribution in [0, 0.1) is 5.82 Å². The largest absolute Gasteiger partial charge is 0.423 e. The van der Waals surface area contributed by atoms with Gasteiger partial charge in [0, 0.05) is 13.1 Å². The van der Waals surface area contributed by atoms with Gasteiger partial charge in [-0.3, -0.25) is 0 Å². The quantitative estimate of drug-likeness (QED) is 0.618. The van der Waals surface area contributed by atoms with Crippen molar-refractivity contribution >= 4 is 16.0 Å². The minimum absolute atomic E-state index is 0.0131. The van der Waals surface area contributed by atoms with Crippen molar-refractivity contribution in [3.8, 4) is 5.75 Å². The summed E-state index contributed by atoms with van der Waals surface area (Å²) in [6.07, 6.45) is 2.45. The summed E-state index contributed by atoms with van der Waals surface area (Å²) in [5, 5.41) is 0. The molecule has 1 saturated heterocycles. The number of nitrogens with zero attached hydrogens (tertiary/aromatic N) is 1. The summed E-state index contributed by atoms with van der Waals surface area (Å²) in [6, 6.07) is 11.6. The summed E-state index contributed by atoms with van der Waals surface area (Å²) in [5.74, 6) is -1.28. The topological polar surface area (TPSA) is 63.7 Å². The molecule has 2 aromatic carbocycles. The molecule has 0 aromatic heterocycles. The van der Waals surface area contributed by atoms with Crippen LogP contribution in [0.4, 0.5) is 4.39 Å². The van der Waals surface area contributed by atoms with E-state index in [1.165, 1.54) is 10.4 Å². The average Bonchev–Trinajstić information content (AvgIpc) is 2.63. The highest BCUT2D eigenvalue weighted by Crippen LogP contribution is 2.24. The lowest BCUT2D eigenvalue weighted by Gasteiger charge is -2.26. The first kappa shape index (κ1) is 17.6. The van der Waals surface area contributed by atoms with E-state index < -0.39 is 26.7 Å². The Morgan fingerprint density at radius 2 is 1.68 bits per heavy atom. The Kier molecular flexibility index (Phi) is 5.15. The Labute approximate surface area is 146 Å². The molecule has 3 rings (SSSR count). The second-order valence-electron chi connectivity index (χ2n) is 5.81. The zero-order valence-corrected chi connectivity index (χ0v) is 14.3. The maximum atomic E-state index is 14.2. The highest BCUT2D eigenvalue weighted by molar-refractivity contribution is 7.89. The van der Waals surface area contributed by atoms with E-state index in [1.807, 2.05) is 0 Å². The number of esters is 1. The van der Waals surface area contributed by atoms with Gasteiger partial charge in [-0.05, 0) is 43.2 Å². The van der Waals surface area contributed by atoms with Crippen molar-refractivity contribution in [3.05, 3.63) is 59.9 Å². The number of hydrogen-bond acceptors (Lipinski definition) is 4. The summed E-state index contributed by atoms with van der Waals surface area (Å²) in [4.78, 5) is 11.7. The van der Waals surface area contributed by atoms with Crippen LogP contribution in [-0.2, 0) is 10.0 Å². The molecule has 0 aliphatic carbocycles. The molecular weight excluding hydrogens is 345 g/mol. The third kappa shape index (κ3) is 3.88. The predicted molar refractivity (Wildman–Crippen MR) is 90.4 cm³/mol. The maximum Gasteiger partial charge on any atom is 0.343 e. The Morgan fingerprint density at radius 1 is 1.00 bits per heavy atom. The molecule has 132 valence electrons. The van der Waals surface area contributed by atoms with Crippen molar-refractivity contribution in [2.75, 3.05) is 13.1 Å². The standard InChI is InChI=1S/C18H18FNO4S/c19-16-10-9-14(18(21)24-15-7-3-1-4-8-15)13-17(16)25(22,23)20-11-5-2-6-12-20/h1,3-4,7-10,13H,2,5-6,11-12H2. The molecule has 0 radical (unpaired) electrons. The molecule has 0 amide bonds. The van der Waals surface area contributed by atoms with Crippen LogP contribution < -0.4 is 4.74 Å². The number of ether oxygens (including phenoxy) is 1. The van der Waals surface area contributed by atoms with Crippen molar-refractivity contribution in [3.63, 3.8) is 0 Å². The lowest BCUT2D eigenvalue weighted by atomic mass is 10.2. The first-order chi connectivity index (χ1) is 12.0. The van der Waals surface area contributed by atoms with Gasteiger partial charge in [0.1, 0.15) is 16.5 Å². The first-order valence-electron chi connectivity index (χ1n) is 8.05. The number of rotatable bonds is 4. The number of halogens is 1. The van der Waals surface area contributed by atoms with E-state index in [0.29, 0.717) is 18.8 Å². The number of piperidine rings is 1. The Bertz CT molecular complexity index is 862. The van der Waals surface area contributed by atoms with Crippen molar-refractivity contribution in [2.24, 2.45) is 0 Å². The molecule has 0 N–H and O–H groups in total. The lowest BCUT2D eigenvalue weighted by molar-refractivity contribution is 0.0734.